The Kier molecular flexibility index (Phi) is 8.58. The lowest BCUT2D eigenvalue weighted by Gasteiger charge is -2.31. The number of hydrogen-bond donors (Lipinski definition) is 2. The molecule has 0 amide bonds. The molecule has 0 spiro atoms. The van der Waals surface area contributed by atoms with E-state index >= 15 is 0 Å². The molecule has 2 fully saturated rings. The van der Waals surface area contributed by atoms with Crippen LogP contribution in [0.15, 0.2) is 34.5 Å². The molecule has 160 valence electrons. The molecule has 1 aromatic rings. The molecule has 2 atom stereocenters. The Morgan fingerprint density at radius 3 is 2.69 bits per heavy atom. The molecule has 0 aromatic heterocycles. The van der Waals surface area contributed by atoms with E-state index in [2.05, 4.69) is 46.9 Å². The van der Waals surface area contributed by atoms with Crippen molar-refractivity contribution in [3.8, 4) is 0 Å². The number of aliphatic carboxylic acids is 1. The molecule has 2 heterocycles. The number of hydroxylamine groups is 1. The highest BCUT2D eigenvalue weighted by atomic mass is 16.7. The van der Waals surface area contributed by atoms with Gasteiger partial charge in [0.15, 0.2) is 0 Å². The topological polar surface area (TPSA) is 86.5 Å². The fourth-order valence-corrected chi connectivity index (χ4v) is 4.12. The van der Waals surface area contributed by atoms with Gasteiger partial charge in [-0.3, -0.25) is 14.5 Å². The number of benzene rings is 1. The van der Waals surface area contributed by atoms with E-state index < -0.39 is 5.97 Å². The number of carbonyl (C=O) groups is 1. The Bertz CT molecular complexity index is 657. The van der Waals surface area contributed by atoms with Crippen LogP contribution in [0.3, 0.4) is 0 Å². The number of unbranched alkanes of at least 4 members (excludes halogenated alkanes) is 1. The summed E-state index contributed by atoms with van der Waals surface area (Å²) in [6.45, 7) is 5.52. The molecular formula is C22H34N4O3. The summed E-state index contributed by atoms with van der Waals surface area (Å²) in [4.78, 5) is 18.7. The quantitative estimate of drug-likeness (QED) is 0.457. The molecule has 2 N–H and O–H groups in total. The average Bonchev–Trinajstić information content (AvgIpc) is 3.18. The molecule has 3 rings (SSSR count). The Hall–Kier alpha value is -1.83. The Labute approximate surface area is 173 Å². The highest BCUT2D eigenvalue weighted by Crippen LogP contribution is 2.31. The molecule has 2 saturated heterocycles. The number of carboxylic acid groups (broad SMARTS) is 1. The summed E-state index contributed by atoms with van der Waals surface area (Å²) in [7, 11) is 0. The van der Waals surface area contributed by atoms with Crippen LogP contribution < -0.4 is 5.48 Å². The smallest absolute Gasteiger partial charge is 0.317 e. The molecular weight excluding hydrogens is 368 g/mol. The van der Waals surface area contributed by atoms with Crippen molar-refractivity contribution >= 4 is 5.97 Å². The first-order valence-corrected chi connectivity index (χ1v) is 10.9. The number of nitrogens with zero attached hydrogens (tertiary/aromatic N) is 3. The third-order valence-corrected chi connectivity index (χ3v) is 5.88. The van der Waals surface area contributed by atoms with E-state index in [4.69, 9.17) is 9.94 Å². The minimum atomic E-state index is -0.736. The van der Waals surface area contributed by atoms with E-state index in [1.54, 1.807) is 0 Å². The van der Waals surface area contributed by atoms with Gasteiger partial charge < -0.3 is 5.11 Å². The van der Waals surface area contributed by atoms with Gasteiger partial charge in [-0.1, -0.05) is 37.6 Å². The van der Waals surface area contributed by atoms with Crippen LogP contribution in [-0.2, 0) is 16.2 Å². The zero-order valence-corrected chi connectivity index (χ0v) is 17.4. The van der Waals surface area contributed by atoms with E-state index in [-0.39, 0.29) is 18.7 Å². The second-order valence-corrected chi connectivity index (χ2v) is 8.25. The minimum absolute atomic E-state index is 0.159. The van der Waals surface area contributed by atoms with Crippen LogP contribution in [-0.4, -0.2) is 48.3 Å². The molecule has 2 aliphatic heterocycles. The van der Waals surface area contributed by atoms with Gasteiger partial charge in [-0.05, 0) is 62.2 Å². The van der Waals surface area contributed by atoms with Crippen molar-refractivity contribution in [1.82, 2.24) is 10.4 Å². The second-order valence-electron chi connectivity index (χ2n) is 8.25. The lowest BCUT2D eigenvalue weighted by Crippen LogP contribution is -2.38. The minimum Gasteiger partial charge on any atom is -0.480 e. The van der Waals surface area contributed by atoms with Crippen molar-refractivity contribution in [2.24, 2.45) is 16.1 Å². The number of hydrogen-bond acceptors (Lipinski definition) is 6. The normalized spacial score (nSPS) is 23.8. The second kappa shape index (κ2) is 11.4. The Balaban J connectivity index is 1.39. The maximum absolute atomic E-state index is 10.8. The highest BCUT2D eigenvalue weighted by molar-refractivity contribution is 5.69. The summed E-state index contributed by atoms with van der Waals surface area (Å²) in [5, 5.41) is 17.4. The van der Waals surface area contributed by atoms with Gasteiger partial charge in [0.2, 0.25) is 0 Å². The van der Waals surface area contributed by atoms with Crippen LogP contribution in [0.2, 0.25) is 0 Å². The number of piperidine rings is 1. The summed E-state index contributed by atoms with van der Waals surface area (Å²) in [6.07, 6.45) is 6.60. The third-order valence-electron chi connectivity index (χ3n) is 5.88. The zero-order valence-electron chi connectivity index (χ0n) is 17.4. The van der Waals surface area contributed by atoms with Gasteiger partial charge >= 0.3 is 5.97 Å². The van der Waals surface area contributed by atoms with Crippen molar-refractivity contribution < 1.29 is 14.7 Å². The van der Waals surface area contributed by atoms with Gasteiger partial charge in [0, 0.05) is 0 Å². The van der Waals surface area contributed by atoms with Crippen molar-refractivity contribution in [3.05, 3.63) is 35.4 Å². The van der Waals surface area contributed by atoms with Gasteiger partial charge in [-0.15, -0.1) is 0 Å². The van der Waals surface area contributed by atoms with Gasteiger partial charge in [-0.2, -0.15) is 15.7 Å². The lowest BCUT2D eigenvalue weighted by atomic mass is 9.89. The monoisotopic (exact) mass is 402 g/mol. The number of carboxylic acids is 1. The van der Waals surface area contributed by atoms with E-state index in [0.717, 1.165) is 58.2 Å². The maximum atomic E-state index is 10.8. The number of azo groups is 1. The number of likely N-dealkylation sites (tertiary alicyclic amines) is 1. The fourth-order valence-electron chi connectivity index (χ4n) is 4.12. The SMILES string of the molecule is CCCCN=NCc1ccc(C2CC(CC3CCN(CC(=O)O)CC3)ON2)cc1. The van der Waals surface area contributed by atoms with Crippen LogP contribution in [0.25, 0.3) is 0 Å². The number of nitrogens with one attached hydrogen (secondary N) is 1. The molecule has 29 heavy (non-hydrogen) atoms. The summed E-state index contributed by atoms with van der Waals surface area (Å²) >= 11 is 0. The molecule has 2 unspecified atom stereocenters. The molecule has 2 aliphatic rings. The van der Waals surface area contributed by atoms with Crippen molar-refractivity contribution in [2.75, 3.05) is 26.2 Å². The molecule has 0 bridgehead atoms. The van der Waals surface area contributed by atoms with E-state index in [9.17, 15) is 4.79 Å². The molecule has 7 nitrogen and oxygen atoms in total. The standard InChI is InChI=1S/C22H34N4O3/c1-2-3-10-23-24-15-18-4-6-19(7-5-18)21-14-20(29-25-21)13-17-8-11-26(12-9-17)16-22(27)28/h4-7,17,20-21,25H,2-3,8-16H2,1H3,(H,27,28). The van der Waals surface area contributed by atoms with E-state index in [1.807, 2.05) is 4.90 Å². The molecule has 7 heteroatoms. The zero-order chi connectivity index (χ0) is 20.5. The molecule has 0 aliphatic carbocycles. The third kappa shape index (κ3) is 7.17. The number of rotatable bonds is 10. The average molecular weight is 403 g/mol. The summed E-state index contributed by atoms with van der Waals surface area (Å²) in [5.41, 5.74) is 5.63. The van der Waals surface area contributed by atoms with Gasteiger partial charge in [-0.25, -0.2) is 0 Å². The molecule has 0 saturated carbocycles. The fraction of sp³-hybridized carbons (Fsp3) is 0.682. The van der Waals surface area contributed by atoms with Crippen molar-refractivity contribution in [1.29, 1.82) is 0 Å². The van der Waals surface area contributed by atoms with Gasteiger partial charge in [0.05, 0.1) is 31.8 Å². The lowest BCUT2D eigenvalue weighted by molar-refractivity contribution is -0.138. The summed E-state index contributed by atoms with van der Waals surface area (Å²) in [5.74, 6) is -0.119. The summed E-state index contributed by atoms with van der Waals surface area (Å²) < 4.78 is 0. The predicted octanol–water partition coefficient (Wildman–Crippen LogP) is 3.96. The van der Waals surface area contributed by atoms with Crippen molar-refractivity contribution in [3.63, 3.8) is 0 Å². The Morgan fingerprint density at radius 1 is 1.24 bits per heavy atom. The molecule has 1 aromatic carbocycles. The Morgan fingerprint density at radius 2 is 2.00 bits per heavy atom. The van der Waals surface area contributed by atoms with Crippen LogP contribution >= 0.6 is 0 Å². The van der Waals surface area contributed by atoms with E-state index in [1.165, 1.54) is 11.1 Å². The summed E-state index contributed by atoms with van der Waals surface area (Å²) in [6, 6.07) is 8.80. The van der Waals surface area contributed by atoms with Gasteiger partial charge in [0.1, 0.15) is 0 Å². The van der Waals surface area contributed by atoms with E-state index in [0.29, 0.717) is 12.5 Å². The maximum Gasteiger partial charge on any atom is 0.317 e. The first kappa shape index (κ1) is 21.9. The first-order valence-electron chi connectivity index (χ1n) is 10.9. The van der Waals surface area contributed by atoms with Crippen LogP contribution in [0.4, 0.5) is 0 Å². The van der Waals surface area contributed by atoms with Crippen LogP contribution in [0.1, 0.15) is 62.6 Å². The van der Waals surface area contributed by atoms with Crippen LogP contribution in [0, 0.1) is 5.92 Å². The predicted molar refractivity (Wildman–Crippen MR) is 112 cm³/mol. The highest BCUT2D eigenvalue weighted by Gasteiger charge is 2.30. The first-order chi connectivity index (χ1) is 14.1. The van der Waals surface area contributed by atoms with Gasteiger partial charge in [0.25, 0.3) is 0 Å². The van der Waals surface area contributed by atoms with Crippen LogP contribution in [0.5, 0.6) is 0 Å². The largest absolute Gasteiger partial charge is 0.480 e. The van der Waals surface area contributed by atoms with Crippen molar-refractivity contribution in [2.45, 2.75) is 64.1 Å². The molecule has 0 radical (unpaired) electrons.